The minimum atomic E-state index is -3.27. The maximum absolute atomic E-state index is 11.5. The van der Waals surface area contributed by atoms with Crippen LogP contribution in [-0.2, 0) is 21.3 Å². The summed E-state index contributed by atoms with van der Waals surface area (Å²) in [6.07, 6.45) is -0.488. The first-order chi connectivity index (χ1) is 9.61. The molecule has 0 bridgehead atoms. The number of ether oxygens (including phenoxy) is 1. The van der Waals surface area contributed by atoms with Gasteiger partial charge < -0.3 is 10.1 Å². The molecule has 0 spiro atoms. The Kier molecular flexibility index (Phi) is 5.60. The zero-order valence-corrected chi connectivity index (χ0v) is 13.6. The predicted molar refractivity (Wildman–Crippen MR) is 82.6 cm³/mol. The largest absolute Gasteiger partial charge is 0.444 e. The van der Waals surface area contributed by atoms with E-state index in [9.17, 15) is 13.2 Å². The van der Waals surface area contributed by atoms with Gasteiger partial charge in [0.05, 0.1) is 5.75 Å². The van der Waals surface area contributed by atoms with Crippen LogP contribution in [0.2, 0.25) is 0 Å². The number of alkyl carbamates (subject to hydrolysis) is 1. The van der Waals surface area contributed by atoms with Crippen molar-refractivity contribution in [2.24, 2.45) is 0 Å². The van der Waals surface area contributed by atoms with Crippen molar-refractivity contribution in [3.8, 4) is 0 Å². The van der Waals surface area contributed by atoms with Gasteiger partial charge in [-0.3, -0.25) is 4.72 Å². The fourth-order valence-electron chi connectivity index (χ4n) is 1.43. The van der Waals surface area contributed by atoms with Gasteiger partial charge in [0.1, 0.15) is 5.60 Å². The Balaban J connectivity index is 2.54. The predicted octanol–water partition coefficient (Wildman–Crippen LogP) is 2.47. The summed E-state index contributed by atoms with van der Waals surface area (Å²) >= 11 is 0. The van der Waals surface area contributed by atoms with Gasteiger partial charge in [-0.1, -0.05) is 12.1 Å². The molecule has 2 N–H and O–H groups in total. The van der Waals surface area contributed by atoms with Crippen molar-refractivity contribution in [1.82, 2.24) is 5.32 Å². The minimum absolute atomic E-state index is 0.0228. The van der Waals surface area contributed by atoms with E-state index in [4.69, 9.17) is 4.74 Å². The van der Waals surface area contributed by atoms with E-state index >= 15 is 0 Å². The fraction of sp³-hybridized carbons (Fsp3) is 0.500. The normalized spacial score (nSPS) is 11.8. The molecule has 21 heavy (non-hydrogen) atoms. The number of amides is 1. The number of carbonyl (C=O) groups is 1. The van der Waals surface area contributed by atoms with Crippen LogP contribution in [0.1, 0.15) is 33.3 Å². The molecule has 0 saturated heterocycles. The molecule has 6 nitrogen and oxygen atoms in total. The second-order valence-electron chi connectivity index (χ2n) is 5.56. The Morgan fingerprint density at radius 1 is 1.19 bits per heavy atom. The van der Waals surface area contributed by atoms with Crippen molar-refractivity contribution < 1.29 is 17.9 Å². The topological polar surface area (TPSA) is 84.5 Å². The number of benzene rings is 1. The third kappa shape index (κ3) is 6.99. The number of hydrogen-bond acceptors (Lipinski definition) is 4. The maximum Gasteiger partial charge on any atom is 0.407 e. The molecule has 1 rings (SSSR count). The monoisotopic (exact) mass is 314 g/mol. The first kappa shape index (κ1) is 17.3. The summed E-state index contributed by atoms with van der Waals surface area (Å²) in [6, 6.07) is 6.79. The van der Waals surface area contributed by atoms with Crippen molar-refractivity contribution in [2.75, 3.05) is 10.5 Å². The molecular formula is C14H22N2O4S. The van der Waals surface area contributed by atoms with Crippen LogP contribution in [0.3, 0.4) is 0 Å². The van der Waals surface area contributed by atoms with E-state index in [-0.39, 0.29) is 5.75 Å². The number of carbonyl (C=O) groups excluding carboxylic acids is 1. The summed E-state index contributed by atoms with van der Waals surface area (Å²) in [5, 5.41) is 2.63. The van der Waals surface area contributed by atoms with Crippen molar-refractivity contribution in [3.63, 3.8) is 0 Å². The average Bonchev–Trinajstić information content (AvgIpc) is 2.35. The molecule has 1 aromatic carbocycles. The van der Waals surface area contributed by atoms with Gasteiger partial charge in [-0.25, -0.2) is 13.2 Å². The first-order valence-corrected chi connectivity index (χ1v) is 8.33. The highest BCUT2D eigenvalue weighted by Crippen LogP contribution is 2.12. The van der Waals surface area contributed by atoms with Crippen LogP contribution >= 0.6 is 0 Å². The molecule has 0 saturated carbocycles. The number of anilines is 1. The summed E-state index contributed by atoms with van der Waals surface area (Å²) < 4.78 is 30.4. The smallest absolute Gasteiger partial charge is 0.407 e. The molecule has 0 heterocycles. The van der Waals surface area contributed by atoms with Gasteiger partial charge in [0, 0.05) is 12.2 Å². The van der Waals surface area contributed by atoms with Crippen LogP contribution in [0.4, 0.5) is 10.5 Å². The molecule has 0 aliphatic rings. The molecular weight excluding hydrogens is 292 g/mol. The summed E-state index contributed by atoms with van der Waals surface area (Å²) in [4.78, 5) is 11.5. The Morgan fingerprint density at radius 3 is 2.24 bits per heavy atom. The zero-order chi connectivity index (χ0) is 16.1. The van der Waals surface area contributed by atoms with Gasteiger partial charge in [0.15, 0.2) is 0 Å². The molecule has 0 atom stereocenters. The molecule has 118 valence electrons. The van der Waals surface area contributed by atoms with E-state index in [1.165, 1.54) is 0 Å². The summed E-state index contributed by atoms with van der Waals surface area (Å²) in [7, 11) is -3.27. The molecule has 0 aromatic heterocycles. The van der Waals surface area contributed by atoms with Crippen LogP contribution in [-0.4, -0.2) is 25.9 Å². The van der Waals surface area contributed by atoms with Crippen molar-refractivity contribution in [3.05, 3.63) is 29.8 Å². The van der Waals surface area contributed by atoms with Gasteiger partial charge in [-0.15, -0.1) is 0 Å². The summed E-state index contributed by atoms with van der Waals surface area (Å²) in [6.45, 7) is 7.26. The molecule has 0 aliphatic carbocycles. The lowest BCUT2D eigenvalue weighted by atomic mass is 10.2. The van der Waals surface area contributed by atoms with Crippen LogP contribution in [0.25, 0.3) is 0 Å². The molecule has 7 heteroatoms. The molecule has 1 amide bonds. The number of sulfonamides is 1. The Bertz CT molecular complexity index is 574. The number of hydrogen-bond donors (Lipinski definition) is 2. The van der Waals surface area contributed by atoms with Crippen LogP contribution in [0.5, 0.6) is 0 Å². The highest BCUT2D eigenvalue weighted by atomic mass is 32.2. The number of rotatable bonds is 5. The van der Waals surface area contributed by atoms with E-state index in [1.807, 2.05) is 0 Å². The highest BCUT2D eigenvalue weighted by molar-refractivity contribution is 7.92. The third-order valence-corrected chi connectivity index (χ3v) is 3.75. The van der Waals surface area contributed by atoms with Gasteiger partial charge in [0.25, 0.3) is 0 Å². The van der Waals surface area contributed by atoms with E-state index < -0.39 is 21.7 Å². The van der Waals surface area contributed by atoms with Crippen molar-refractivity contribution in [2.45, 2.75) is 39.8 Å². The van der Waals surface area contributed by atoms with E-state index in [0.29, 0.717) is 12.2 Å². The van der Waals surface area contributed by atoms with Gasteiger partial charge in [-0.05, 0) is 45.4 Å². The standard InChI is InChI=1S/C14H22N2O4S/c1-5-21(18,19)16-12-8-6-11(7-9-12)10-15-13(17)20-14(2,3)4/h6-9,16H,5,10H2,1-4H3,(H,15,17). The average molecular weight is 314 g/mol. The lowest BCUT2D eigenvalue weighted by Gasteiger charge is -2.19. The van der Waals surface area contributed by atoms with E-state index in [1.54, 1.807) is 52.0 Å². The fourth-order valence-corrected chi connectivity index (χ4v) is 2.07. The van der Waals surface area contributed by atoms with Crippen LogP contribution < -0.4 is 10.0 Å². The maximum atomic E-state index is 11.5. The molecule has 1 aromatic rings. The second kappa shape index (κ2) is 6.80. The van der Waals surface area contributed by atoms with Crippen molar-refractivity contribution in [1.29, 1.82) is 0 Å². The molecule has 0 radical (unpaired) electrons. The number of nitrogens with one attached hydrogen (secondary N) is 2. The second-order valence-corrected chi connectivity index (χ2v) is 7.57. The highest BCUT2D eigenvalue weighted by Gasteiger charge is 2.15. The Labute approximate surface area is 125 Å². The third-order valence-electron chi connectivity index (χ3n) is 2.44. The van der Waals surface area contributed by atoms with Crippen LogP contribution in [0, 0.1) is 0 Å². The zero-order valence-electron chi connectivity index (χ0n) is 12.8. The minimum Gasteiger partial charge on any atom is -0.444 e. The van der Waals surface area contributed by atoms with E-state index in [2.05, 4.69) is 10.0 Å². The van der Waals surface area contributed by atoms with E-state index in [0.717, 1.165) is 5.56 Å². The Hall–Kier alpha value is -1.76. The first-order valence-electron chi connectivity index (χ1n) is 6.67. The van der Waals surface area contributed by atoms with Gasteiger partial charge in [0.2, 0.25) is 10.0 Å². The van der Waals surface area contributed by atoms with Crippen molar-refractivity contribution >= 4 is 21.8 Å². The lowest BCUT2D eigenvalue weighted by molar-refractivity contribution is 0.0523. The Morgan fingerprint density at radius 2 is 1.76 bits per heavy atom. The van der Waals surface area contributed by atoms with Crippen LogP contribution in [0.15, 0.2) is 24.3 Å². The summed E-state index contributed by atoms with van der Waals surface area (Å²) in [5.74, 6) is 0.0228. The molecule has 0 fully saturated rings. The summed E-state index contributed by atoms with van der Waals surface area (Å²) in [5.41, 5.74) is 0.810. The molecule has 0 aliphatic heterocycles. The molecule has 0 unspecified atom stereocenters. The lowest BCUT2D eigenvalue weighted by Crippen LogP contribution is -2.32. The SMILES string of the molecule is CCS(=O)(=O)Nc1ccc(CNC(=O)OC(C)(C)C)cc1. The quantitative estimate of drug-likeness (QED) is 0.874. The van der Waals surface area contributed by atoms with Gasteiger partial charge >= 0.3 is 6.09 Å². The van der Waals surface area contributed by atoms with Gasteiger partial charge in [-0.2, -0.15) is 0 Å².